The molecule has 0 aliphatic heterocycles. The fourth-order valence-corrected chi connectivity index (χ4v) is 2.10. The summed E-state index contributed by atoms with van der Waals surface area (Å²) in [5.41, 5.74) is 0.649. The number of ether oxygens (including phenoxy) is 4. The Labute approximate surface area is 125 Å². The molecule has 0 amide bonds. The Hall–Kier alpha value is -1.95. The quantitative estimate of drug-likeness (QED) is 0.740. The van der Waals surface area contributed by atoms with Gasteiger partial charge in [0.25, 0.3) is 0 Å². The molecule has 1 N–H and O–H groups in total. The molecule has 1 aromatic carbocycles. The Morgan fingerprint density at radius 3 is 2.24 bits per heavy atom. The summed E-state index contributed by atoms with van der Waals surface area (Å²) in [4.78, 5) is 12.1. The van der Waals surface area contributed by atoms with Gasteiger partial charge in [-0.25, -0.2) is 4.79 Å². The normalized spacial score (nSPS) is 11.7. The lowest BCUT2D eigenvalue weighted by molar-refractivity contribution is -0.145. The molecule has 6 heteroatoms. The van der Waals surface area contributed by atoms with E-state index in [0.717, 1.165) is 0 Å². The minimum Gasteiger partial charge on any atom is -0.493 e. The lowest BCUT2D eigenvalue weighted by Crippen LogP contribution is -2.30. The number of rotatable bonds is 8. The summed E-state index contributed by atoms with van der Waals surface area (Å²) in [6.45, 7) is 4.61. The van der Waals surface area contributed by atoms with Crippen molar-refractivity contribution >= 4 is 5.97 Å². The molecule has 6 nitrogen and oxygen atoms in total. The Kier molecular flexibility index (Phi) is 6.81. The lowest BCUT2D eigenvalue weighted by atomic mass is 10.0. The number of likely N-dealkylation sites (N-methyl/N-ethyl adjacent to an activating group) is 1. The summed E-state index contributed by atoms with van der Waals surface area (Å²) in [7, 11) is 4.59. The summed E-state index contributed by atoms with van der Waals surface area (Å²) >= 11 is 0. The van der Waals surface area contributed by atoms with Crippen LogP contribution in [0.25, 0.3) is 0 Å². The summed E-state index contributed by atoms with van der Waals surface area (Å²) in [5, 5.41) is 3.10. The minimum absolute atomic E-state index is 0.316. The molecule has 118 valence electrons. The van der Waals surface area contributed by atoms with E-state index in [1.807, 2.05) is 6.92 Å². The van der Waals surface area contributed by atoms with Crippen LogP contribution in [-0.4, -0.2) is 40.5 Å². The summed E-state index contributed by atoms with van der Waals surface area (Å²) < 4.78 is 21.1. The van der Waals surface area contributed by atoms with Crippen LogP contribution in [0.15, 0.2) is 12.1 Å². The van der Waals surface area contributed by atoms with E-state index in [4.69, 9.17) is 18.9 Å². The Morgan fingerprint density at radius 1 is 1.10 bits per heavy atom. The van der Waals surface area contributed by atoms with E-state index in [-0.39, 0.29) is 5.97 Å². The van der Waals surface area contributed by atoms with Gasteiger partial charge >= 0.3 is 5.97 Å². The first-order valence-electron chi connectivity index (χ1n) is 6.83. The van der Waals surface area contributed by atoms with E-state index in [9.17, 15) is 4.79 Å². The molecule has 0 saturated carbocycles. The highest BCUT2D eigenvalue weighted by molar-refractivity contribution is 5.79. The highest BCUT2D eigenvalue weighted by atomic mass is 16.5. The molecule has 1 atom stereocenters. The number of nitrogens with one attached hydrogen (secondary N) is 1. The van der Waals surface area contributed by atoms with Gasteiger partial charge < -0.3 is 24.3 Å². The molecule has 0 spiro atoms. The van der Waals surface area contributed by atoms with Gasteiger partial charge in [-0.1, -0.05) is 6.92 Å². The molecule has 0 aliphatic rings. The zero-order valence-corrected chi connectivity index (χ0v) is 13.2. The zero-order chi connectivity index (χ0) is 15.8. The molecule has 0 heterocycles. The predicted octanol–water partition coefficient (Wildman–Crippen LogP) is 1.93. The molecule has 21 heavy (non-hydrogen) atoms. The molecule has 0 radical (unpaired) electrons. The highest BCUT2D eigenvalue weighted by Gasteiger charge is 2.27. The Bertz CT molecular complexity index is 475. The molecule has 1 unspecified atom stereocenters. The third-order valence-corrected chi connectivity index (χ3v) is 2.98. The highest BCUT2D eigenvalue weighted by Crippen LogP contribution is 2.42. The van der Waals surface area contributed by atoms with Crippen molar-refractivity contribution < 1.29 is 23.7 Å². The second-order valence-corrected chi connectivity index (χ2v) is 4.17. The maximum absolute atomic E-state index is 12.1. The Morgan fingerprint density at radius 2 is 1.76 bits per heavy atom. The van der Waals surface area contributed by atoms with Gasteiger partial charge in [0, 0.05) is 5.56 Å². The maximum atomic E-state index is 12.1. The summed E-state index contributed by atoms with van der Waals surface area (Å²) in [5.74, 6) is 1.09. The predicted molar refractivity (Wildman–Crippen MR) is 79.1 cm³/mol. The van der Waals surface area contributed by atoms with Gasteiger partial charge in [-0.3, -0.25) is 0 Å². The van der Waals surface area contributed by atoms with Gasteiger partial charge in [-0.2, -0.15) is 0 Å². The number of benzene rings is 1. The van der Waals surface area contributed by atoms with E-state index < -0.39 is 6.04 Å². The largest absolute Gasteiger partial charge is 0.493 e. The van der Waals surface area contributed by atoms with Crippen LogP contribution in [-0.2, 0) is 9.53 Å². The minimum atomic E-state index is -0.621. The van der Waals surface area contributed by atoms with Crippen LogP contribution in [0.5, 0.6) is 17.2 Å². The SMILES string of the molecule is CCNC(C(=O)OCC)c1ccc(OC)c(OC)c1OC. The third kappa shape index (κ3) is 3.78. The molecular formula is C15H23NO5. The van der Waals surface area contributed by atoms with E-state index >= 15 is 0 Å². The number of hydrogen-bond donors (Lipinski definition) is 1. The topological polar surface area (TPSA) is 66.0 Å². The average molecular weight is 297 g/mol. The van der Waals surface area contributed by atoms with Crippen LogP contribution in [0, 0.1) is 0 Å². The number of carbonyl (C=O) groups is 1. The maximum Gasteiger partial charge on any atom is 0.327 e. The summed E-state index contributed by atoms with van der Waals surface area (Å²) in [6, 6.07) is 2.88. The summed E-state index contributed by atoms with van der Waals surface area (Å²) in [6.07, 6.45) is 0. The van der Waals surface area contributed by atoms with Gasteiger partial charge in [-0.05, 0) is 25.6 Å². The fourth-order valence-electron chi connectivity index (χ4n) is 2.10. The molecule has 1 rings (SSSR count). The van der Waals surface area contributed by atoms with Crippen LogP contribution >= 0.6 is 0 Å². The van der Waals surface area contributed by atoms with Crippen molar-refractivity contribution in [3.05, 3.63) is 17.7 Å². The van der Waals surface area contributed by atoms with Crippen LogP contribution in [0.4, 0.5) is 0 Å². The van der Waals surface area contributed by atoms with Crippen molar-refractivity contribution in [2.24, 2.45) is 0 Å². The second-order valence-electron chi connectivity index (χ2n) is 4.17. The van der Waals surface area contributed by atoms with E-state index in [0.29, 0.717) is 36.0 Å². The smallest absolute Gasteiger partial charge is 0.327 e. The average Bonchev–Trinajstić information content (AvgIpc) is 2.51. The van der Waals surface area contributed by atoms with Gasteiger partial charge in [0.2, 0.25) is 5.75 Å². The van der Waals surface area contributed by atoms with Crippen molar-refractivity contribution in [1.82, 2.24) is 5.32 Å². The fraction of sp³-hybridized carbons (Fsp3) is 0.533. The van der Waals surface area contributed by atoms with Crippen molar-refractivity contribution in [2.75, 3.05) is 34.5 Å². The molecule has 0 aliphatic carbocycles. The van der Waals surface area contributed by atoms with E-state index in [2.05, 4.69) is 5.32 Å². The third-order valence-electron chi connectivity index (χ3n) is 2.98. The number of esters is 1. The van der Waals surface area contributed by atoms with E-state index in [1.54, 1.807) is 26.2 Å². The molecule has 1 aromatic rings. The van der Waals surface area contributed by atoms with E-state index in [1.165, 1.54) is 14.2 Å². The van der Waals surface area contributed by atoms with Crippen LogP contribution < -0.4 is 19.5 Å². The zero-order valence-electron chi connectivity index (χ0n) is 13.2. The molecule has 0 saturated heterocycles. The standard InChI is InChI=1S/C15H23NO5/c1-6-16-12(15(17)21-7-2)10-8-9-11(18-3)14(20-5)13(10)19-4/h8-9,12,16H,6-7H2,1-5H3. The number of methoxy groups -OCH3 is 3. The molecular weight excluding hydrogens is 274 g/mol. The van der Waals surface area contributed by atoms with Gasteiger partial charge in [0.15, 0.2) is 11.5 Å². The van der Waals surface area contributed by atoms with Crippen molar-refractivity contribution in [2.45, 2.75) is 19.9 Å². The first kappa shape index (κ1) is 17.1. The van der Waals surface area contributed by atoms with Crippen molar-refractivity contribution in [3.8, 4) is 17.2 Å². The van der Waals surface area contributed by atoms with Gasteiger partial charge in [0.1, 0.15) is 6.04 Å². The van der Waals surface area contributed by atoms with Crippen molar-refractivity contribution in [3.63, 3.8) is 0 Å². The first-order valence-corrected chi connectivity index (χ1v) is 6.83. The number of carbonyl (C=O) groups excluding carboxylic acids is 1. The van der Waals surface area contributed by atoms with Crippen LogP contribution in [0.1, 0.15) is 25.5 Å². The second kappa shape index (κ2) is 8.36. The molecule has 0 aromatic heterocycles. The van der Waals surface area contributed by atoms with Gasteiger partial charge in [0.05, 0.1) is 27.9 Å². The monoisotopic (exact) mass is 297 g/mol. The van der Waals surface area contributed by atoms with Crippen LogP contribution in [0.2, 0.25) is 0 Å². The van der Waals surface area contributed by atoms with Crippen molar-refractivity contribution in [1.29, 1.82) is 0 Å². The molecule has 0 fully saturated rings. The number of hydrogen-bond acceptors (Lipinski definition) is 6. The molecule has 0 bridgehead atoms. The Balaban J connectivity index is 3.33. The first-order chi connectivity index (χ1) is 10.1. The lowest BCUT2D eigenvalue weighted by Gasteiger charge is -2.21. The van der Waals surface area contributed by atoms with Crippen LogP contribution in [0.3, 0.4) is 0 Å². The van der Waals surface area contributed by atoms with Gasteiger partial charge in [-0.15, -0.1) is 0 Å².